The summed E-state index contributed by atoms with van der Waals surface area (Å²) in [6.07, 6.45) is 14.3. The lowest BCUT2D eigenvalue weighted by molar-refractivity contribution is -0.137. The molecule has 0 fully saturated rings. The first-order valence-electron chi connectivity index (χ1n) is 8.45. The van der Waals surface area contributed by atoms with E-state index < -0.39 is 6.72 Å². The molecule has 0 amide bonds. The number of allylic oxidation sites excluding steroid dienone is 1. The van der Waals surface area contributed by atoms with E-state index in [2.05, 4.69) is 11.8 Å². The van der Waals surface area contributed by atoms with Gasteiger partial charge in [-0.15, -0.1) is 0 Å². The summed E-state index contributed by atoms with van der Waals surface area (Å²) < 4.78 is 9.77. The molecule has 0 atom stereocenters. The van der Waals surface area contributed by atoms with Gasteiger partial charge in [0.25, 0.3) is 0 Å². The molecule has 0 heterocycles. The fourth-order valence-corrected chi connectivity index (χ4v) is 2.75. The van der Waals surface area contributed by atoms with Crippen molar-refractivity contribution >= 4 is 24.5 Å². The topological polar surface area (TPSA) is 76.0 Å². The molecule has 0 saturated carbocycles. The molecule has 0 bridgehead atoms. The zero-order chi connectivity index (χ0) is 17.4. The van der Waals surface area contributed by atoms with E-state index in [1.807, 2.05) is 0 Å². The van der Waals surface area contributed by atoms with Gasteiger partial charge in [-0.05, 0) is 31.6 Å². The number of ether oxygens (including phenoxy) is 1. The van der Waals surface area contributed by atoms with Crippen molar-refractivity contribution in [2.45, 2.75) is 71.1 Å². The van der Waals surface area contributed by atoms with Crippen LogP contribution in [0.5, 0.6) is 0 Å². The molecule has 23 heavy (non-hydrogen) atoms. The third kappa shape index (κ3) is 19.7. The molecule has 0 unspecified atom stereocenters. The van der Waals surface area contributed by atoms with Crippen molar-refractivity contribution in [3.8, 4) is 0 Å². The molecule has 7 heteroatoms. The van der Waals surface area contributed by atoms with Crippen LogP contribution in [0.2, 0.25) is 0 Å². The predicted molar refractivity (Wildman–Crippen MR) is 96.6 cm³/mol. The molecular formula is C16H31O5PS. The van der Waals surface area contributed by atoms with E-state index in [1.165, 1.54) is 38.2 Å². The number of unbranched alkanes of at least 4 members (excludes halogenated alkanes) is 9. The molecule has 2 N–H and O–H groups in total. The van der Waals surface area contributed by atoms with E-state index in [9.17, 15) is 4.79 Å². The van der Waals surface area contributed by atoms with E-state index in [4.69, 9.17) is 19.0 Å². The minimum absolute atomic E-state index is 0.254. The van der Waals surface area contributed by atoms with Gasteiger partial charge in [-0.3, -0.25) is 0 Å². The summed E-state index contributed by atoms with van der Waals surface area (Å²) in [5.74, 6) is -0.254. The first kappa shape index (κ1) is 22.7. The summed E-state index contributed by atoms with van der Waals surface area (Å²) in [4.78, 5) is 28.8. The Morgan fingerprint density at radius 1 is 0.913 bits per heavy atom. The maximum absolute atomic E-state index is 11.0. The van der Waals surface area contributed by atoms with Crippen molar-refractivity contribution in [1.82, 2.24) is 0 Å². The highest BCUT2D eigenvalue weighted by Gasteiger charge is 2.06. The fourth-order valence-electron chi connectivity index (χ4n) is 2.16. The number of hydrogen-bond donors (Lipinski definition) is 2. The van der Waals surface area contributed by atoms with Crippen molar-refractivity contribution in [2.24, 2.45) is 0 Å². The molecule has 0 aliphatic carbocycles. The molecule has 0 rings (SSSR count). The van der Waals surface area contributed by atoms with Gasteiger partial charge < -0.3 is 19.0 Å². The summed E-state index contributed by atoms with van der Waals surface area (Å²) in [6.45, 7) is -0.807. The number of rotatable bonds is 15. The molecule has 0 aliphatic rings. The Hall–Kier alpha value is -0.260. The van der Waals surface area contributed by atoms with Crippen LogP contribution in [0.4, 0.5) is 0 Å². The molecule has 0 radical (unpaired) electrons. The van der Waals surface area contributed by atoms with E-state index in [0.717, 1.165) is 32.1 Å². The normalized spacial score (nSPS) is 12.0. The van der Waals surface area contributed by atoms with Crippen LogP contribution in [0.3, 0.4) is 0 Å². The van der Waals surface area contributed by atoms with Crippen LogP contribution in [0, 0.1) is 0 Å². The van der Waals surface area contributed by atoms with Crippen molar-refractivity contribution < 1.29 is 23.8 Å². The smallest absolute Gasteiger partial charge is 0.330 e. The van der Waals surface area contributed by atoms with E-state index in [1.54, 1.807) is 13.0 Å². The van der Waals surface area contributed by atoms with Crippen molar-refractivity contribution in [3.05, 3.63) is 12.2 Å². The highest BCUT2D eigenvalue weighted by atomic mass is 32.5. The molecule has 0 aliphatic heterocycles. The van der Waals surface area contributed by atoms with E-state index >= 15 is 0 Å². The summed E-state index contributed by atoms with van der Waals surface area (Å²) in [5.41, 5.74) is 0. The van der Waals surface area contributed by atoms with Gasteiger partial charge >= 0.3 is 12.7 Å². The fraction of sp³-hybridized carbons (Fsp3) is 0.812. The highest BCUT2D eigenvalue weighted by molar-refractivity contribution is 8.06. The predicted octanol–water partition coefficient (Wildman–Crippen LogP) is 4.23. The maximum atomic E-state index is 11.0. The lowest BCUT2D eigenvalue weighted by Gasteiger charge is -2.07. The van der Waals surface area contributed by atoms with Crippen LogP contribution in [-0.2, 0) is 25.9 Å². The standard InChI is InChI=1S/C16H31O5PS/c1-2-13-16(17)20-14-11-9-7-5-3-4-6-8-10-12-15-21-22(18,19)23/h2,13H,3-12,14-15H2,1H3,(H2,18,19,23). The largest absolute Gasteiger partial charge is 0.463 e. The Bertz CT molecular complexity index is 367. The lowest BCUT2D eigenvalue weighted by Crippen LogP contribution is -2.01. The molecule has 136 valence electrons. The van der Waals surface area contributed by atoms with Crippen LogP contribution >= 0.6 is 6.72 Å². The molecule has 5 nitrogen and oxygen atoms in total. The van der Waals surface area contributed by atoms with Gasteiger partial charge in [0.2, 0.25) is 0 Å². The van der Waals surface area contributed by atoms with Crippen LogP contribution < -0.4 is 0 Å². The molecule has 0 aromatic carbocycles. The van der Waals surface area contributed by atoms with Crippen LogP contribution in [0.1, 0.15) is 71.1 Å². The van der Waals surface area contributed by atoms with Crippen molar-refractivity contribution in [3.63, 3.8) is 0 Å². The lowest BCUT2D eigenvalue weighted by atomic mass is 10.1. The zero-order valence-corrected chi connectivity index (χ0v) is 15.8. The second kappa shape index (κ2) is 15.3. The zero-order valence-electron chi connectivity index (χ0n) is 14.1. The third-order valence-electron chi connectivity index (χ3n) is 3.35. The molecule has 0 spiro atoms. The van der Waals surface area contributed by atoms with Crippen molar-refractivity contribution in [2.75, 3.05) is 13.2 Å². The Kier molecular flexibility index (Phi) is 15.1. The number of esters is 1. The van der Waals surface area contributed by atoms with Gasteiger partial charge in [-0.1, -0.05) is 57.4 Å². The molecule has 0 aromatic rings. The third-order valence-corrected chi connectivity index (χ3v) is 4.18. The second-order valence-corrected chi connectivity index (χ2v) is 8.19. The van der Waals surface area contributed by atoms with E-state index in [0.29, 0.717) is 13.2 Å². The molecule has 0 aromatic heterocycles. The number of carbonyl (C=O) groups excluding carboxylic acids is 1. The Morgan fingerprint density at radius 3 is 1.78 bits per heavy atom. The van der Waals surface area contributed by atoms with Gasteiger partial charge in [0, 0.05) is 6.08 Å². The van der Waals surface area contributed by atoms with E-state index in [-0.39, 0.29) is 5.97 Å². The van der Waals surface area contributed by atoms with Crippen molar-refractivity contribution in [1.29, 1.82) is 0 Å². The first-order valence-corrected chi connectivity index (χ1v) is 11.1. The van der Waals surface area contributed by atoms with Gasteiger partial charge in [0.15, 0.2) is 0 Å². The minimum Gasteiger partial charge on any atom is -0.463 e. The second-order valence-electron chi connectivity index (χ2n) is 5.53. The minimum atomic E-state index is -3.45. The first-order chi connectivity index (χ1) is 11.0. The Labute approximate surface area is 145 Å². The summed E-state index contributed by atoms with van der Waals surface area (Å²) >= 11 is 4.37. The summed E-state index contributed by atoms with van der Waals surface area (Å²) in [6, 6.07) is 0. The summed E-state index contributed by atoms with van der Waals surface area (Å²) in [7, 11) is 0. The van der Waals surface area contributed by atoms with Gasteiger partial charge in [-0.25, -0.2) is 4.79 Å². The maximum Gasteiger partial charge on any atom is 0.330 e. The van der Waals surface area contributed by atoms with Crippen LogP contribution in [0.25, 0.3) is 0 Å². The number of hydrogen-bond acceptors (Lipinski definition) is 4. The van der Waals surface area contributed by atoms with Gasteiger partial charge in [-0.2, -0.15) is 0 Å². The Morgan fingerprint density at radius 2 is 1.35 bits per heavy atom. The monoisotopic (exact) mass is 366 g/mol. The van der Waals surface area contributed by atoms with Gasteiger partial charge in [0.1, 0.15) is 0 Å². The quantitative estimate of drug-likeness (QED) is 0.195. The highest BCUT2D eigenvalue weighted by Crippen LogP contribution is 2.36. The summed E-state index contributed by atoms with van der Waals surface area (Å²) in [5, 5.41) is 0. The Balaban J connectivity index is 3.14. The number of carbonyl (C=O) groups is 1. The molecule has 0 saturated heterocycles. The average molecular weight is 366 g/mol. The van der Waals surface area contributed by atoms with Crippen LogP contribution in [-0.4, -0.2) is 29.0 Å². The van der Waals surface area contributed by atoms with Gasteiger partial charge in [0.05, 0.1) is 13.2 Å². The average Bonchev–Trinajstić information content (AvgIpc) is 2.46. The van der Waals surface area contributed by atoms with Crippen LogP contribution in [0.15, 0.2) is 12.2 Å². The molecular weight excluding hydrogens is 335 g/mol. The SMILES string of the molecule is CC=CC(=O)OCCCCCCCCCCCCOP(O)(O)=S.